The standard InChI is InChI=1S/C13H15NO3/c1-4-17-12-8-11(16-3)9-6-5-7-10(15-2)13(9)14-12/h5-8H,4H2,1-3H3. The SMILES string of the molecule is CCOc1cc(OC)c2cccc(OC)c2n1. The minimum atomic E-state index is 0.543. The van der Waals surface area contributed by atoms with Crippen molar-refractivity contribution in [1.29, 1.82) is 0 Å². The molecule has 0 radical (unpaired) electrons. The zero-order valence-corrected chi connectivity index (χ0v) is 10.2. The molecule has 1 aromatic heterocycles. The Kier molecular flexibility index (Phi) is 3.32. The summed E-state index contributed by atoms with van der Waals surface area (Å²) in [6.07, 6.45) is 0. The van der Waals surface area contributed by atoms with Gasteiger partial charge in [-0.15, -0.1) is 0 Å². The van der Waals surface area contributed by atoms with Gasteiger partial charge in [0, 0.05) is 11.5 Å². The van der Waals surface area contributed by atoms with E-state index in [4.69, 9.17) is 14.2 Å². The summed E-state index contributed by atoms with van der Waals surface area (Å²) < 4.78 is 16.0. The Morgan fingerprint density at radius 2 is 1.88 bits per heavy atom. The van der Waals surface area contributed by atoms with Crippen molar-refractivity contribution < 1.29 is 14.2 Å². The molecule has 2 aromatic rings. The van der Waals surface area contributed by atoms with E-state index in [-0.39, 0.29) is 0 Å². The van der Waals surface area contributed by atoms with Gasteiger partial charge in [-0.25, -0.2) is 4.98 Å². The number of nitrogens with zero attached hydrogens (tertiary/aromatic N) is 1. The summed E-state index contributed by atoms with van der Waals surface area (Å²) in [5, 5.41) is 0.912. The zero-order valence-electron chi connectivity index (χ0n) is 10.2. The summed E-state index contributed by atoms with van der Waals surface area (Å²) in [4.78, 5) is 4.42. The molecule has 0 atom stereocenters. The fourth-order valence-electron chi connectivity index (χ4n) is 1.72. The summed E-state index contributed by atoms with van der Waals surface area (Å²) in [6.45, 7) is 2.48. The summed E-state index contributed by atoms with van der Waals surface area (Å²) in [5.41, 5.74) is 0.748. The molecule has 90 valence electrons. The Balaban J connectivity index is 2.68. The molecule has 0 spiro atoms. The maximum atomic E-state index is 5.41. The number of methoxy groups -OCH3 is 2. The molecule has 4 nitrogen and oxygen atoms in total. The number of pyridine rings is 1. The van der Waals surface area contributed by atoms with Gasteiger partial charge in [-0.2, -0.15) is 0 Å². The highest BCUT2D eigenvalue weighted by Crippen LogP contribution is 2.33. The van der Waals surface area contributed by atoms with E-state index in [2.05, 4.69) is 4.98 Å². The number of aromatic nitrogens is 1. The third-order valence-corrected chi connectivity index (χ3v) is 2.47. The van der Waals surface area contributed by atoms with E-state index in [9.17, 15) is 0 Å². The van der Waals surface area contributed by atoms with Crippen LogP contribution in [0.1, 0.15) is 6.92 Å². The second-order valence-electron chi connectivity index (χ2n) is 3.45. The van der Waals surface area contributed by atoms with Gasteiger partial charge in [0.1, 0.15) is 17.0 Å². The van der Waals surface area contributed by atoms with Gasteiger partial charge in [0.2, 0.25) is 5.88 Å². The van der Waals surface area contributed by atoms with Gasteiger partial charge in [-0.3, -0.25) is 0 Å². The molecule has 2 rings (SSSR count). The highest BCUT2D eigenvalue weighted by atomic mass is 16.5. The third-order valence-electron chi connectivity index (χ3n) is 2.47. The molecule has 0 aliphatic heterocycles. The first-order chi connectivity index (χ1) is 8.30. The van der Waals surface area contributed by atoms with Crippen molar-refractivity contribution in [2.75, 3.05) is 20.8 Å². The summed E-state index contributed by atoms with van der Waals surface area (Å²) in [6, 6.07) is 7.50. The Morgan fingerprint density at radius 3 is 2.53 bits per heavy atom. The first-order valence-corrected chi connectivity index (χ1v) is 5.44. The molecule has 1 heterocycles. The number of hydrogen-bond acceptors (Lipinski definition) is 4. The van der Waals surface area contributed by atoms with Crippen molar-refractivity contribution in [2.45, 2.75) is 6.92 Å². The van der Waals surface area contributed by atoms with Crippen LogP contribution in [0.4, 0.5) is 0 Å². The zero-order chi connectivity index (χ0) is 12.3. The predicted octanol–water partition coefficient (Wildman–Crippen LogP) is 2.65. The Hall–Kier alpha value is -1.97. The minimum absolute atomic E-state index is 0.543. The molecule has 0 aliphatic carbocycles. The number of ether oxygens (including phenoxy) is 3. The van der Waals surface area contributed by atoms with Gasteiger partial charge in [0.05, 0.1) is 20.8 Å². The molecule has 0 bridgehead atoms. The average molecular weight is 233 g/mol. The van der Waals surface area contributed by atoms with Crippen LogP contribution >= 0.6 is 0 Å². The van der Waals surface area contributed by atoms with Gasteiger partial charge in [-0.1, -0.05) is 6.07 Å². The highest BCUT2D eigenvalue weighted by Gasteiger charge is 2.10. The lowest BCUT2D eigenvalue weighted by Crippen LogP contribution is -1.97. The van der Waals surface area contributed by atoms with E-state index < -0.39 is 0 Å². The normalized spacial score (nSPS) is 10.3. The molecule has 0 amide bonds. The maximum Gasteiger partial charge on any atom is 0.217 e. The number of rotatable bonds is 4. The van der Waals surface area contributed by atoms with Crippen LogP contribution in [0.3, 0.4) is 0 Å². The van der Waals surface area contributed by atoms with Crippen molar-refractivity contribution in [3.63, 3.8) is 0 Å². The lowest BCUT2D eigenvalue weighted by Gasteiger charge is -2.10. The second-order valence-corrected chi connectivity index (χ2v) is 3.45. The summed E-state index contributed by atoms with van der Waals surface area (Å²) in [7, 11) is 3.25. The number of hydrogen-bond donors (Lipinski definition) is 0. The van der Waals surface area contributed by atoms with Crippen molar-refractivity contribution in [3.05, 3.63) is 24.3 Å². The van der Waals surface area contributed by atoms with Crippen molar-refractivity contribution in [3.8, 4) is 17.4 Å². The van der Waals surface area contributed by atoms with Gasteiger partial charge >= 0.3 is 0 Å². The summed E-state index contributed by atoms with van der Waals surface area (Å²) >= 11 is 0. The molecule has 0 aliphatic rings. The first-order valence-electron chi connectivity index (χ1n) is 5.44. The molecule has 0 N–H and O–H groups in total. The first kappa shape index (κ1) is 11.5. The fraction of sp³-hybridized carbons (Fsp3) is 0.308. The molecule has 4 heteroatoms. The van der Waals surface area contributed by atoms with Crippen LogP contribution in [0.15, 0.2) is 24.3 Å². The smallest absolute Gasteiger partial charge is 0.217 e. The molecule has 0 fully saturated rings. The van der Waals surface area contributed by atoms with Crippen molar-refractivity contribution >= 4 is 10.9 Å². The van der Waals surface area contributed by atoms with E-state index in [1.165, 1.54) is 0 Å². The van der Waals surface area contributed by atoms with Gasteiger partial charge < -0.3 is 14.2 Å². The molecule has 1 aromatic carbocycles. The Labute approximate surface area is 100 Å². The fourth-order valence-corrected chi connectivity index (χ4v) is 1.72. The van der Waals surface area contributed by atoms with Gasteiger partial charge in [0.15, 0.2) is 0 Å². The van der Waals surface area contributed by atoms with E-state index in [0.717, 1.165) is 16.7 Å². The van der Waals surface area contributed by atoms with Crippen molar-refractivity contribution in [1.82, 2.24) is 4.98 Å². The Morgan fingerprint density at radius 1 is 1.12 bits per heavy atom. The predicted molar refractivity (Wildman–Crippen MR) is 66.0 cm³/mol. The van der Waals surface area contributed by atoms with E-state index in [1.807, 2.05) is 25.1 Å². The largest absolute Gasteiger partial charge is 0.496 e. The van der Waals surface area contributed by atoms with Gasteiger partial charge in [-0.05, 0) is 19.1 Å². The number of fused-ring (bicyclic) bond motifs is 1. The maximum absolute atomic E-state index is 5.41. The molecular weight excluding hydrogens is 218 g/mol. The lowest BCUT2D eigenvalue weighted by molar-refractivity contribution is 0.324. The van der Waals surface area contributed by atoms with Crippen molar-refractivity contribution in [2.24, 2.45) is 0 Å². The molecule has 17 heavy (non-hydrogen) atoms. The van der Waals surface area contributed by atoms with Crippen LogP contribution in [0.25, 0.3) is 10.9 Å². The van der Waals surface area contributed by atoms with E-state index in [1.54, 1.807) is 20.3 Å². The average Bonchev–Trinajstić information content (AvgIpc) is 2.37. The third kappa shape index (κ3) is 2.11. The molecule has 0 unspecified atom stereocenters. The van der Waals surface area contributed by atoms with Crippen LogP contribution < -0.4 is 14.2 Å². The lowest BCUT2D eigenvalue weighted by atomic mass is 10.2. The highest BCUT2D eigenvalue weighted by molar-refractivity contribution is 5.90. The molecular formula is C13H15NO3. The monoisotopic (exact) mass is 233 g/mol. The van der Waals surface area contributed by atoms with Crippen LogP contribution in [0, 0.1) is 0 Å². The quantitative estimate of drug-likeness (QED) is 0.814. The van der Waals surface area contributed by atoms with Gasteiger partial charge in [0.25, 0.3) is 0 Å². The number of benzene rings is 1. The second kappa shape index (κ2) is 4.91. The number of para-hydroxylation sites is 1. The van der Waals surface area contributed by atoms with E-state index in [0.29, 0.717) is 18.2 Å². The van der Waals surface area contributed by atoms with Crippen LogP contribution in [0.2, 0.25) is 0 Å². The molecule has 0 saturated carbocycles. The minimum Gasteiger partial charge on any atom is -0.496 e. The van der Waals surface area contributed by atoms with E-state index >= 15 is 0 Å². The topological polar surface area (TPSA) is 40.6 Å². The Bertz CT molecular complexity index is 525. The van der Waals surface area contributed by atoms with Crippen LogP contribution in [-0.4, -0.2) is 25.8 Å². The van der Waals surface area contributed by atoms with Crippen LogP contribution in [0.5, 0.6) is 17.4 Å². The molecule has 0 saturated heterocycles. The summed E-state index contributed by atoms with van der Waals surface area (Å²) in [5.74, 6) is 1.99. The van der Waals surface area contributed by atoms with Crippen LogP contribution in [-0.2, 0) is 0 Å².